The summed E-state index contributed by atoms with van der Waals surface area (Å²) >= 11 is 0. The predicted octanol–water partition coefficient (Wildman–Crippen LogP) is 0.133. The minimum absolute atomic E-state index is 0.243. The Morgan fingerprint density at radius 2 is 1.88 bits per heavy atom. The summed E-state index contributed by atoms with van der Waals surface area (Å²) in [4.78, 5) is 11.3. The van der Waals surface area contributed by atoms with Gasteiger partial charge in [-0.3, -0.25) is 4.79 Å². The summed E-state index contributed by atoms with van der Waals surface area (Å²) in [5.74, 6) is -0.489. The molecule has 0 fully saturated rings. The van der Waals surface area contributed by atoms with Crippen LogP contribution in [0.4, 0.5) is 0 Å². The average molecular weight is 257 g/mol. The van der Waals surface area contributed by atoms with Gasteiger partial charge < -0.3 is 10.5 Å². The van der Waals surface area contributed by atoms with Crippen molar-refractivity contribution in [2.75, 3.05) is 13.4 Å². The second kappa shape index (κ2) is 5.29. The minimum atomic E-state index is -3.19. The molecule has 0 amide bonds. The third kappa shape index (κ3) is 3.83. The van der Waals surface area contributed by atoms with Gasteiger partial charge in [0.15, 0.2) is 9.84 Å². The van der Waals surface area contributed by atoms with Crippen LogP contribution in [-0.4, -0.2) is 33.8 Å². The van der Waals surface area contributed by atoms with Crippen LogP contribution in [0.2, 0.25) is 0 Å². The van der Waals surface area contributed by atoms with E-state index in [1.165, 1.54) is 19.2 Å². The van der Waals surface area contributed by atoms with Gasteiger partial charge in [0.2, 0.25) is 0 Å². The van der Waals surface area contributed by atoms with Gasteiger partial charge in [-0.2, -0.15) is 0 Å². The third-order valence-corrected chi connectivity index (χ3v) is 3.44. The molecule has 1 rings (SSSR count). The van der Waals surface area contributed by atoms with Crippen LogP contribution in [0.1, 0.15) is 5.56 Å². The van der Waals surface area contributed by atoms with Crippen LogP contribution in [-0.2, 0) is 25.8 Å². The molecule has 0 spiro atoms. The highest BCUT2D eigenvalue weighted by atomic mass is 32.2. The van der Waals surface area contributed by atoms with Crippen molar-refractivity contribution in [1.29, 1.82) is 0 Å². The molecule has 1 aromatic rings. The lowest BCUT2D eigenvalue weighted by Crippen LogP contribution is -2.33. The van der Waals surface area contributed by atoms with E-state index < -0.39 is 21.8 Å². The number of nitrogens with two attached hydrogens (primary N) is 1. The van der Waals surface area contributed by atoms with Crippen molar-refractivity contribution in [2.24, 2.45) is 5.73 Å². The molecule has 0 aliphatic heterocycles. The van der Waals surface area contributed by atoms with Gasteiger partial charge in [-0.25, -0.2) is 8.42 Å². The molecule has 94 valence electrons. The van der Waals surface area contributed by atoms with E-state index in [9.17, 15) is 13.2 Å². The van der Waals surface area contributed by atoms with Gasteiger partial charge in [0.25, 0.3) is 0 Å². The van der Waals surface area contributed by atoms with Crippen molar-refractivity contribution in [1.82, 2.24) is 0 Å². The fraction of sp³-hybridized carbons (Fsp3) is 0.364. The molecule has 5 nitrogen and oxygen atoms in total. The van der Waals surface area contributed by atoms with Crippen molar-refractivity contribution in [3.8, 4) is 0 Å². The first-order valence-electron chi connectivity index (χ1n) is 4.97. The Kier molecular flexibility index (Phi) is 4.25. The van der Waals surface area contributed by atoms with Crippen LogP contribution >= 0.6 is 0 Å². The van der Waals surface area contributed by atoms with Crippen LogP contribution in [0, 0.1) is 0 Å². The second-order valence-electron chi connectivity index (χ2n) is 3.75. The summed E-state index contributed by atoms with van der Waals surface area (Å²) in [7, 11) is -1.92. The number of carbonyl (C=O) groups is 1. The molecule has 0 bridgehead atoms. The van der Waals surface area contributed by atoms with Gasteiger partial charge in [-0.15, -0.1) is 0 Å². The number of benzene rings is 1. The number of hydrogen-bond acceptors (Lipinski definition) is 5. The Morgan fingerprint density at radius 3 is 2.29 bits per heavy atom. The van der Waals surface area contributed by atoms with E-state index in [-0.39, 0.29) is 4.90 Å². The minimum Gasteiger partial charge on any atom is -0.468 e. The summed E-state index contributed by atoms with van der Waals surface area (Å²) in [5, 5.41) is 0. The number of rotatable bonds is 4. The maximum atomic E-state index is 11.2. The highest BCUT2D eigenvalue weighted by Gasteiger charge is 2.14. The molecule has 1 atom stereocenters. The van der Waals surface area contributed by atoms with Crippen LogP contribution in [0.5, 0.6) is 0 Å². The van der Waals surface area contributed by atoms with E-state index in [1.54, 1.807) is 12.1 Å². The van der Waals surface area contributed by atoms with Crippen molar-refractivity contribution < 1.29 is 17.9 Å². The van der Waals surface area contributed by atoms with Gasteiger partial charge in [0.05, 0.1) is 12.0 Å². The average Bonchev–Trinajstić information content (AvgIpc) is 2.27. The Balaban J connectivity index is 2.79. The van der Waals surface area contributed by atoms with E-state index in [4.69, 9.17) is 5.73 Å². The van der Waals surface area contributed by atoms with Gasteiger partial charge in [0.1, 0.15) is 6.04 Å². The van der Waals surface area contributed by atoms with Gasteiger partial charge >= 0.3 is 5.97 Å². The zero-order chi connectivity index (χ0) is 13.1. The first-order valence-corrected chi connectivity index (χ1v) is 6.86. The first kappa shape index (κ1) is 13.7. The molecule has 17 heavy (non-hydrogen) atoms. The Hall–Kier alpha value is -1.40. The first-order chi connectivity index (χ1) is 7.84. The molecule has 0 heterocycles. The maximum absolute atomic E-state index is 11.2. The molecule has 0 aliphatic carbocycles. The van der Waals surface area contributed by atoms with Crippen molar-refractivity contribution in [2.45, 2.75) is 17.4 Å². The summed E-state index contributed by atoms with van der Waals surface area (Å²) in [6.07, 6.45) is 1.46. The standard InChI is InChI=1S/C11H15NO4S/c1-16-11(13)10(12)7-8-3-5-9(6-4-8)17(2,14)15/h3-6,10H,7,12H2,1-2H3. The largest absolute Gasteiger partial charge is 0.468 e. The number of methoxy groups -OCH3 is 1. The van der Waals surface area contributed by atoms with Crippen LogP contribution in [0.25, 0.3) is 0 Å². The van der Waals surface area contributed by atoms with E-state index in [1.807, 2.05) is 0 Å². The molecular weight excluding hydrogens is 242 g/mol. The van der Waals surface area contributed by atoms with Crippen LogP contribution < -0.4 is 5.73 Å². The van der Waals surface area contributed by atoms with Crippen molar-refractivity contribution in [3.05, 3.63) is 29.8 Å². The molecule has 0 aliphatic rings. The molecule has 6 heteroatoms. The van der Waals surface area contributed by atoms with Gasteiger partial charge in [-0.1, -0.05) is 12.1 Å². The summed E-state index contributed by atoms with van der Waals surface area (Å²) in [5.41, 5.74) is 6.38. The lowest BCUT2D eigenvalue weighted by molar-refractivity contribution is -0.142. The fourth-order valence-electron chi connectivity index (χ4n) is 1.36. The number of sulfone groups is 1. The topological polar surface area (TPSA) is 86.5 Å². The lowest BCUT2D eigenvalue weighted by atomic mass is 10.1. The molecule has 0 radical (unpaired) electrons. The third-order valence-electron chi connectivity index (χ3n) is 2.31. The Labute approximate surface area is 100 Å². The summed E-state index contributed by atoms with van der Waals surface area (Å²) in [6.45, 7) is 0. The Morgan fingerprint density at radius 1 is 1.35 bits per heavy atom. The molecule has 0 aromatic heterocycles. The maximum Gasteiger partial charge on any atom is 0.322 e. The number of carbonyl (C=O) groups excluding carboxylic acids is 1. The number of esters is 1. The van der Waals surface area contributed by atoms with E-state index >= 15 is 0 Å². The summed E-state index contributed by atoms with van der Waals surface area (Å²) in [6, 6.07) is 5.53. The second-order valence-corrected chi connectivity index (χ2v) is 5.77. The molecular formula is C11H15NO4S. The Bertz CT molecular complexity index is 493. The van der Waals surface area contributed by atoms with Crippen LogP contribution in [0.3, 0.4) is 0 Å². The smallest absolute Gasteiger partial charge is 0.322 e. The predicted molar refractivity (Wildman–Crippen MR) is 63.2 cm³/mol. The SMILES string of the molecule is COC(=O)C(N)Cc1ccc(S(C)(=O)=O)cc1. The molecule has 0 saturated heterocycles. The van der Waals surface area contributed by atoms with Gasteiger partial charge in [-0.05, 0) is 24.1 Å². The van der Waals surface area contributed by atoms with E-state index in [2.05, 4.69) is 4.74 Å². The highest BCUT2D eigenvalue weighted by molar-refractivity contribution is 7.90. The molecule has 0 saturated carbocycles. The number of ether oxygens (including phenoxy) is 1. The van der Waals surface area contributed by atoms with Crippen molar-refractivity contribution >= 4 is 15.8 Å². The molecule has 1 unspecified atom stereocenters. The normalized spacial score (nSPS) is 13.1. The molecule has 1 aromatic carbocycles. The fourth-order valence-corrected chi connectivity index (χ4v) is 1.99. The quantitative estimate of drug-likeness (QED) is 0.775. The summed E-state index contributed by atoms with van der Waals surface area (Å²) < 4.78 is 26.9. The zero-order valence-electron chi connectivity index (χ0n) is 9.71. The monoisotopic (exact) mass is 257 g/mol. The zero-order valence-corrected chi connectivity index (χ0v) is 10.5. The molecule has 2 N–H and O–H groups in total. The van der Waals surface area contributed by atoms with Crippen molar-refractivity contribution in [3.63, 3.8) is 0 Å². The van der Waals surface area contributed by atoms with Crippen LogP contribution in [0.15, 0.2) is 29.2 Å². The van der Waals surface area contributed by atoms with E-state index in [0.717, 1.165) is 11.8 Å². The highest BCUT2D eigenvalue weighted by Crippen LogP contribution is 2.11. The number of hydrogen-bond donors (Lipinski definition) is 1. The lowest BCUT2D eigenvalue weighted by Gasteiger charge is -2.09. The van der Waals surface area contributed by atoms with E-state index in [0.29, 0.717) is 6.42 Å². The van der Waals surface area contributed by atoms with Gasteiger partial charge in [0, 0.05) is 6.26 Å².